The topological polar surface area (TPSA) is 90.9 Å². The number of nitrogens with one attached hydrogen (secondary N) is 2. The number of ether oxygens (including phenoxy) is 1. The lowest BCUT2D eigenvalue weighted by molar-refractivity contribution is -0.142. The Kier molecular flexibility index (Phi) is 8.07. The zero-order valence-electron chi connectivity index (χ0n) is 12.9. The number of carbonyl (C=O) groups is 2. The van der Waals surface area contributed by atoms with Crippen molar-refractivity contribution >= 4 is 12.0 Å². The van der Waals surface area contributed by atoms with E-state index in [-0.39, 0.29) is 17.9 Å². The quantitative estimate of drug-likeness (QED) is 0.572. The Labute approximate surface area is 126 Å². The van der Waals surface area contributed by atoms with Gasteiger partial charge >= 0.3 is 12.0 Å². The van der Waals surface area contributed by atoms with Gasteiger partial charge in [-0.1, -0.05) is 6.42 Å². The van der Waals surface area contributed by atoms with Gasteiger partial charge < -0.3 is 25.4 Å². The summed E-state index contributed by atoms with van der Waals surface area (Å²) in [7, 11) is 3.63. The first kappa shape index (κ1) is 17.7. The molecule has 1 fully saturated rings. The molecular formula is C14H27N3O4. The molecule has 2 amide bonds. The van der Waals surface area contributed by atoms with Gasteiger partial charge in [0.05, 0.1) is 12.5 Å². The smallest absolute Gasteiger partial charge is 0.314 e. The molecular weight excluding hydrogens is 274 g/mol. The summed E-state index contributed by atoms with van der Waals surface area (Å²) in [6.07, 6.45) is 2.51. The average Bonchev–Trinajstić information content (AvgIpc) is 2.91. The predicted octanol–water partition coefficient (Wildman–Crippen LogP) is 0.365. The first-order valence-corrected chi connectivity index (χ1v) is 7.46. The van der Waals surface area contributed by atoms with Gasteiger partial charge in [-0.2, -0.15) is 0 Å². The van der Waals surface area contributed by atoms with Crippen LogP contribution in [0.25, 0.3) is 0 Å². The van der Waals surface area contributed by atoms with Crippen molar-refractivity contribution in [2.24, 2.45) is 11.8 Å². The van der Waals surface area contributed by atoms with E-state index in [1.807, 2.05) is 7.05 Å². The molecule has 0 aromatic rings. The largest absolute Gasteiger partial charge is 0.481 e. The number of carboxylic acids is 1. The maximum Gasteiger partial charge on any atom is 0.314 e. The monoisotopic (exact) mass is 301 g/mol. The molecule has 0 aromatic heterocycles. The average molecular weight is 301 g/mol. The van der Waals surface area contributed by atoms with Crippen LogP contribution in [0.15, 0.2) is 0 Å². The van der Waals surface area contributed by atoms with Crippen LogP contribution in [-0.2, 0) is 9.53 Å². The van der Waals surface area contributed by atoms with Gasteiger partial charge in [0.2, 0.25) is 0 Å². The van der Waals surface area contributed by atoms with Crippen molar-refractivity contribution in [1.29, 1.82) is 0 Å². The van der Waals surface area contributed by atoms with Gasteiger partial charge in [-0.05, 0) is 25.8 Å². The van der Waals surface area contributed by atoms with E-state index in [1.54, 1.807) is 7.11 Å². The number of amides is 2. The molecule has 0 saturated heterocycles. The van der Waals surface area contributed by atoms with Crippen LogP contribution in [0.3, 0.4) is 0 Å². The summed E-state index contributed by atoms with van der Waals surface area (Å²) in [5, 5.41) is 14.6. The Morgan fingerprint density at radius 1 is 1.29 bits per heavy atom. The third-order valence-corrected chi connectivity index (χ3v) is 3.96. The Hall–Kier alpha value is -1.34. The first-order valence-electron chi connectivity index (χ1n) is 7.46. The number of likely N-dealkylation sites (N-methyl/N-ethyl adjacent to an activating group) is 1. The SMILES string of the molecule is COCCN(C)CCNC(=O)NCC1CCCC1C(=O)O. The second-order valence-corrected chi connectivity index (χ2v) is 5.57. The van der Waals surface area contributed by atoms with Crippen LogP contribution in [0.4, 0.5) is 4.79 Å². The number of aliphatic carboxylic acids is 1. The Morgan fingerprint density at radius 3 is 2.71 bits per heavy atom. The van der Waals surface area contributed by atoms with Crippen LogP contribution in [-0.4, -0.2) is 69.0 Å². The number of methoxy groups -OCH3 is 1. The zero-order chi connectivity index (χ0) is 15.7. The Balaban J connectivity index is 2.12. The maximum atomic E-state index is 11.7. The summed E-state index contributed by atoms with van der Waals surface area (Å²) >= 11 is 0. The van der Waals surface area contributed by atoms with E-state index >= 15 is 0 Å². The molecule has 0 bridgehead atoms. The lowest BCUT2D eigenvalue weighted by atomic mass is 9.96. The fraction of sp³-hybridized carbons (Fsp3) is 0.857. The standard InChI is InChI=1S/C14H27N3O4/c1-17(8-9-21-2)7-6-15-14(20)16-10-11-4-3-5-12(11)13(18)19/h11-12H,3-10H2,1-2H3,(H,18,19)(H2,15,16,20). The lowest BCUT2D eigenvalue weighted by Gasteiger charge is -2.18. The molecule has 3 N–H and O–H groups in total. The van der Waals surface area contributed by atoms with Gasteiger partial charge in [0.25, 0.3) is 0 Å². The molecule has 0 radical (unpaired) electrons. The molecule has 1 rings (SSSR count). The number of hydrogen-bond donors (Lipinski definition) is 3. The van der Waals surface area contributed by atoms with E-state index < -0.39 is 5.97 Å². The number of urea groups is 1. The summed E-state index contributed by atoms with van der Waals surface area (Å²) in [4.78, 5) is 24.8. The predicted molar refractivity (Wildman–Crippen MR) is 79.2 cm³/mol. The maximum absolute atomic E-state index is 11.7. The van der Waals surface area contributed by atoms with Crippen LogP contribution >= 0.6 is 0 Å². The second-order valence-electron chi connectivity index (χ2n) is 5.57. The van der Waals surface area contributed by atoms with E-state index in [4.69, 9.17) is 9.84 Å². The fourth-order valence-corrected chi connectivity index (χ4v) is 2.61. The first-order chi connectivity index (χ1) is 10.0. The minimum absolute atomic E-state index is 0.0534. The van der Waals surface area contributed by atoms with Gasteiger partial charge in [-0.15, -0.1) is 0 Å². The van der Waals surface area contributed by atoms with Crippen LogP contribution in [0.1, 0.15) is 19.3 Å². The summed E-state index contributed by atoms with van der Waals surface area (Å²) in [5.74, 6) is -1.01. The fourth-order valence-electron chi connectivity index (χ4n) is 2.61. The second kappa shape index (κ2) is 9.57. The van der Waals surface area contributed by atoms with Crippen molar-refractivity contribution in [3.05, 3.63) is 0 Å². The Morgan fingerprint density at radius 2 is 2.05 bits per heavy atom. The highest BCUT2D eigenvalue weighted by atomic mass is 16.5. The van der Waals surface area contributed by atoms with Crippen molar-refractivity contribution in [2.45, 2.75) is 19.3 Å². The van der Waals surface area contributed by atoms with Gasteiger partial charge in [0.15, 0.2) is 0 Å². The number of nitrogens with zero attached hydrogens (tertiary/aromatic N) is 1. The van der Waals surface area contributed by atoms with Crippen LogP contribution in [0.5, 0.6) is 0 Å². The molecule has 0 spiro atoms. The number of carboxylic acid groups (broad SMARTS) is 1. The zero-order valence-corrected chi connectivity index (χ0v) is 12.9. The summed E-state index contributed by atoms with van der Waals surface area (Å²) in [6.45, 7) is 3.22. The van der Waals surface area contributed by atoms with E-state index in [2.05, 4.69) is 15.5 Å². The molecule has 7 heteroatoms. The third kappa shape index (κ3) is 6.77. The van der Waals surface area contributed by atoms with E-state index in [0.29, 0.717) is 26.1 Å². The molecule has 0 aromatic carbocycles. The van der Waals surface area contributed by atoms with Crippen LogP contribution in [0.2, 0.25) is 0 Å². The minimum atomic E-state index is -0.750. The number of carbonyl (C=O) groups excluding carboxylic acids is 1. The summed E-state index contributed by atoms with van der Waals surface area (Å²) < 4.78 is 4.98. The lowest BCUT2D eigenvalue weighted by Crippen LogP contribution is -2.42. The van der Waals surface area contributed by atoms with Crippen molar-refractivity contribution in [1.82, 2.24) is 15.5 Å². The van der Waals surface area contributed by atoms with E-state index in [0.717, 1.165) is 25.9 Å². The molecule has 122 valence electrons. The van der Waals surface area contributed by atoms with E-state index in [1.165, 1.54) is 0 Å². The van der Waals surface area contributed by atoms with E-state index in [9.17, 15) is 9.59 Å². The van der Waals surface area contributed by atoms with Gasteiger partial charge in [0.1, 0.15) is 0 Å². The Bertz CT molecular complexity index is 338. The molecule has 1 aliphatic carbocycles. The molecule has 1 saturated carbocycles. The number of rotatable bonds is 9. The molecule has 1 aliphatic rings. The van der Waals surface area contributed by atoms with Crippen LogP contribution in [0, 0.1) is 11.8 Å². The molecule has 2 atom stereocenters. The van der Waals surface area contributed by atoms with Crippen LogP contribution < -0.4 is 10.6 Å². The highest BCUT2D eigenvalue weighted by molar-refractivity contribution is 5.74. The van der Waals surface area contributed by atoms with Crippen molar-refractivity contribution in [2.75, 3.05) is 46.9 Å². The number of hydrogen-bond acceptors (Lipinski definition) is 4. The molecule has 2 unspecified atom stereocenters. The molecule has 7 nitrogen and oxygen atoms in total. The summed E-state index contributed by atoms with van der Waals surface area (Å²) in [6, 6.07) is -0.230. The van der Waals surface area contributed by atoms with Gasteiger partial charge in [0, 0.05) is 33.3 Å². The van der Waals surface area contributed by atoms with Crippen molar-refractivity contribution < 1.29 is 19.4 Å². The highest BCUT2D eigenvalue weighted by Crippen LogP contribution is 2.31. The van der Waals surface area contributed by atoms with Gasteiger partial charge in [-0.3, -0.25) is 4.79 Å². The highest BCUT2D eigenvalue weighted by Gasteiger charge is 2.32. The molecule has 0 aliphatic heterocycles. The minimum Gasteiger partial charge on any atom is -0.481 e. The van der Waals surface area contributed by atoms with Crippen molar-refractivity contribution in [3.8, 4) is 0 Å². The normalized spacial score (nSPS) is 21.5. The third-order valence-electron chi connectivity index (χ3n) is 3.96. The van der Waals surface area contributed by atoms with Crippen molar-refractivity contribution in [3.63, 3.8) is 0 Å². The molecule has 0 heterocycles. The van der Waals surface area contributed by atoms with Gasteiger partial charge in [-0.25, -0.2) is 4.79 Å². The summed E-state index contributed by atoms with van der Waals surface area (Å²) in [5.41, 5.74) is 0. The molecule has 21 heavy (non-hydrogen) atoms.